The van der Waals surface area contributed by atoms with Gasteiger partial charge in [0.25, 0.3) is 0 Å². The second-order valence-electron chi connectivity index (χ2n) is 7.39. The molecule has 0 spiro atoms. The monoisotopic (exact) mass is 431 g/mol. The normalized spacial score (nSPS) is 14.2. The van der Waals surface area contributed by atoms with E-state index in [2.05, 4.69) is 36.1 Å². The maximum atomic E-state index is 13.5. The topological polar surface area (TPSA) is 108 Å². The summed E-state index contributed by atoms with van der Waals surface area (Å²) < 4.78 is 40.6. The number of aromatic amines is 1. The van der Waals surface area contributed by atoms with Gasteiger partial charge in [-0.2, -0.15) is 23.3 Å². The van der Waals surface area contributed by atoms with Crippen molar-refractivity contribution in [1.29, 1.82) is 0 Å². The summed E-state index contributed by atoms with van der Waals surface area (Å²) in [5.74, 6) is -0.445. The Balaban J connectivity index is 1.64. The van der Waals surface area contributed by atoms with Gasteiger partial charge in [-0.05, 0) is 44.5 Å². The number of hydrogen-bond donors (Lipinski definition) is 4. The molecule has 1 amide bonds. The third-order valence-electron chi connectivity index (χ3n) is 5.05. The van der Waals surface area contributed by atoms with Crippen LogP contribution in [0.2, 0.25) is 0 Å². The van der Waals surface area contributed by atoms with Crippen LogP contribution in [0.25, 0.3) is 0 Å². The lowest BCUT2D eigenvalue weighted by molar-refractivity contribution is -0.137. The number of benzene rings is 1. The molecule has 1 atom stereocenters. The molecule has 4 rings (SSSR count). The number of carbonyl (C=O) groups is 1. The molecule has 2 aromatic heterocycles. The molecule has 1 aliphatic heterocycles. The van der Waals surface area contributed by atoms with E-state index in [0.717, 1.165) is 23.0 Å². The lowest BCUT2D eigenvalue weighted by atomic mass is 10.1. The van der Waals surface area contributed by atoms with Gasteiger partial charge in [0.2, 0.25) is 11.9 Å². The molecule has 3 aromatic rings. The molecule has 1 unspecified atom stereocenters. The van der Waals surface area contributed by atoms with Crippen molar-refractivity contribution in [2.24, 2.45) is 0 Å². The highest BCUT2D eigenvalue weighted by Crippen LogP contribution is 2.36. The molecule has 1 aromatic carbocycles. The van der Waals surface area contributed by atoms with Crippen LogP contribution in [-0.4, -0.2) is 26.1 Å². The summed E-state index contributed by atoms with van der Waals surface area (Å²) in [6.45, 7) is 5.32. The minimum absolute atomic E-state index is 0.000528. The van der Waals surface area contributed by atoms with Crippen LogP contribution in [0.1, 0.15) is 41.0 Å². The maximum Gasteiger partial charge on any atom is 0.421 e. The third-order valence-corrected chi connectivity index (χ3v) is 5.05. The molecule has 8 nitrogen and oxygen atoms in total. The number of aryl methyl sites for hydroxylation is 2. The minimum atomic E-state index is -4.62. The predicted molar refractivity (Wildman–Crippen MR) is 109 cm³/mol. The van der Waals surface area contributed by atoms with Crippen LogP contribution in [-0.2, 0) is 17.4 Å². The summed E-state index contributed by atoms with van der Waals surface area (Å²) in [6, 6.07) is 4.68. The Bertz CT molecular complexity index is 1140. The summed E-state index contributed by atoms with van der Waals surface area (Å²) in [5.41, 5.74) is 3.34. The van der Waals surface area contributed by atoms with Crippen molar-refractivity contribution in [2.75, 3.05) is 16.0 Å². The van der Waals surface area contributed by atoms with E-state index in [1.807, 2.05) is 0 Å². The van der Waals surface area contributed by atoms with Gasteiger partial charge >= 0.3 is 6.18 Å². The second-order valence-corrected chi connectivity index (χ2v) is 7.39. The van der Waals surface area contributed by atoms with Gasteiger partial charge in [0.05, 0.1) is 18.2 Å². The van der Waals surface area contributed by atoms with E-state index in [1.54, 1.807) is 39.0 Å². The van der Waals surface area contributed by atoms with Gasteiger partial charge in [0.15, 0.2) is 0 Å². The van der Waals surface area contributed by atoms with Gasteiger partial charge in [-0.15, -0.1) is 0 Å². The fraction of sp³-hybridized carbons (Fsp3) is 0.300. The molecule has 3 heterocycles. The quantitative estimate of drug-likeness (QED) is 0.481. The van der Waals surface area contributed by atoms with Crippen LogP contribution >= 0.6 is 0 Å². The lowest BCUT2D eigenvalue weighted by Gasteiger charge is -2.19. The molecule has 0 radical (unpaired) electrons. The summed E-state index contributed by atoms with van der Waals surface area (Å²) >= 11 is 0. The number of alkyl halides is 3. The molecule has 0 fully saturated rings. The van der Waals surface area contributed by atoms with Crippen molar-refractivity contribution in [2.45, 2.75) is 39.4 Å². The number of nitrogens with zero attached hydrogens (tertiary/aromatic N) is 3. The van der Waals surface area contributed by atoms with Crippen LogP contribution in [0, 0.1) is 13.8 Å². The number of aromatic nitrogens is 4. The van der Waals surface area contributed by atoms with Crippen LogP contribution in [0.5, 0.6) is 0 Å². The number of carbonyl (C=O) groups excluding carboxylic acids is 1. The number of halogens is 3. The van der Waals surface area contributed by atoms with E-state index in [1.165, 1.54) is 0 Å². The molecule has 1 aliphatic rings. The SMILES string of the molecule is Cc1n[nH]c(C)c1C(C)Nc1nc(Nc2ccc3c(c2)CC(=O)N3)ncc1C(F)(F)F. The van der Waals surface area contributed by atoms with Crippen LogP contribution in [0.15, 0.2) is 24.4 Å². The van der Waals surface area contributed by atoms with Gasteiger partial charge in [-0.3, -0.25) is 9.89 Å². The Labute approximate surface area is 175 Å². The molecule has 0 aliphatic carbocycles. The molecular weight excluding hydrogens is 411 g/mol. The largest absolute Gasteiger partial charge is 0.421 e. The van der Waals surface area contributed by atoms with Crippen LogP contribution < -0.4 is 16.0 Å². The predicted octanol–water partition coefficient (Wildman–Crippen LogP) is 4.25. The number of nitrogens with one attached hydrogen (secondary N) is 4. The maximum absolute atomic E-state index is 13.5. The van der Waals surface area contributed by atoms with E-state index in [-0.39, 0.29) is 24.1 Å². The first-order valence-corrected chi connectivity index (χ1v) is 9.54. The Hall–Kier alpha value is -3.63. The van der Waals surface area contributed by atoms with Gasteiger partial charge in [0, 0.05) is 28.8 Å². The Morgan fingerprint density at radius 3 is 2.68 bits per heavy atom. The zero-order valence-corrected chi connectivity index (χ0v) is 17.0. The molecule has 0 bridgehead atoms. The third kappa shape index (κ3) is 4.16. The average Bonchev–Trinajstić information content (AvgIpc) is 3.21. The van der Waals surface area contributed by atoms with Crippen molar-refractivity contribution >= 4 is 29.0 Å². The van der Waals surface area contributed by atoms with E-state index >= 15 is 0 Å². The van der Waals surface area contributed by atoms with E-state index in [4.69, 9.17) is 0 Å². The van der Waals surface area contributed by atoms with E-state index in [0.29, 0.717) is 17.1 Å². The number of amides is 1. The number of hydrogen-bond acceptors (Lipinski definition) is 6. The summed E-state index contributed by atoms with van der Waals surface area (Å²) in [6.07, 6.45) is -3.63. The van der Waals surface area contributed by atoms with Crippen LogP contribution in [0.3, 0.4) is 0 Å². The van der Waals surface area contributed by atoms with Crippen molar-refractivity contribution in [3.63, 3.8) is 0 Å². The van der Waals surface area contributed by atoms with Gasteiger partial charge in [-0.1, -0.05) is 0 Å². The number of fused-ring (bicyclic) bond motifs is 1. The second kappa shape index (κ2) is 7.56. The average molecular weight is 431 g/mol. The molecule has 0 saturated heterocycles. The first-order chi connectivity index (χ1) is 14.6. The fourth-order valence-electron chi connectivity index (χ4n) is 3.67. The summed E-state index contributed by atoms with van der Waals surface area (Å²) in [7, 11) is 0. The minimum Gasteiger partial charge on any atom is -0.363 e. The first kappa shape index (κ1) is 20.6. The zero-order valence-electron chi connectivity index (χ0n) is 17.0. The van der Waals surface area contributed by atoms with E-state index in [9.17, 15) is 18.0 Å². The Morgan fingerprint density at radius 2 is 2.00 bits per heavy atom. The number of H-pyrrole nitrogens is 1. The standard InChI is InChI=1S/C20H20F3N7O/c1-9(17-10(2)29-30-11(17)3)25-18-14(20(21,22)23)8-24-19(28-18)26-13-4-5-15-12(6-13)7-16(31)27-15/h4-6,8-9H,7H2,1-3H3,(H,27,31)(H,29,30)(H2,24,25,26,28). The molecule has 162 valence electrons. The van der Waals surface area contributed by atoms with E-state index < -0.39 is 17.8 Å². The summed E-state index contributed by atoms with van der Waals surface area (Å²) in [5, 5.41) is 15.4. The molecule has 0 saturated carbocycles. The number of rotatable bonds is 5. The fourth-order valence-corrected chi connectivity index (χ4v) is 3.67. The highest BCUT2D eigenvalue weighted by molar-refractivity contribution is 5.99. The molecular formula is C20H20F3N7O. The molecule has 31 heavy (non-hydrogen) atoms. The summed E-state index contributed by atoms with van der Waals surface area (Å²) in [4.78, 5) is 19.4. The molecule has 4 N–H and O–H groups in total. The van der Waals surface area contributed by atoms with Crippen molar-refractivity contribution in [1.82, 2.24) is 20.2 Å². The first-order valence-electron chi connectivity index (χ1n) is 9.54. The highest BCUT2D eigenvalue weighted by Gasteiger charge is 2.36. The lowest BCUT2D eigenvalue weighted by Crippen LogP contribution is -2.17. The Morgan fingerprint density at radius 1 is 1.23 bits per heavy atom. The van der Waals surface area contributed by atoms with Gasteiger partial charge in [0.1, 0.15) is 11.4 Å². The van der Waals surface area contributed by atoms with Crippen molar-refractivity contribution in [3.8, 4) is 0 Å². The van der Waals surface area contributed by atoms with Crippen molar-refractivity contribution in [3.05, 3.63) is 52.5 Å². The van der Waals surface area contributed by atoms with Gasteiger partial charge in [-0.25, -0.2) is 4.98 Å². The van der Waals surface area contributed by atoms with Gasteiger partial charge < -0.3 is 16.0 Å². The smallest absolute Gasteiger partial charge is 0.363 e. The van der Waals surface area contributed by atoms with Crippen LogP contribution in [0.4, 0.5) is 36.3 Å². The number of anilines is 4. The highest BCUT2D eigenvalue weighted by atomic mass is 19.4. The Kier molecular flexibility index (Phi) is 5.03. The zero-order chi connectivity index (χ0) is 22.3. The van der Waals surface area contributed by atoms with Crippen molar-refractivity contribution < 1.29 is 18.0 Å². The molecule has 11 heteroatoms.